The topological polar surface area (TPSA) is 105 Å². The molecule has 0 radical (unpaired) electrons. The maximum Gasteiger partial charge on any atom is 0.410 e. The maximum absolute atomic E-state index is 14.7. The van der Waals surface area contributed by atoms with E-state index in [9.17, 15) is 14.0 Å². The Labute approximate surface area is 203 Å². The predicted octanol–water partition coefficient (Wildman–Crippen LogP) is 3.58. The lowest BCUT2D eigenvalue weighted by Gasteiger charge is -2.28. The van der Waals surface area contributed by atoms with Gasteiger partial charge in [-0.05, 0) is 41.0 Å². The first-order valence-corrected chi connectivity index (χ1v) is 11.4. The number of fused-ring (bicyclic) bond motifs is 1. The molecule has 35 heavy (non-hydrogen) atoms. The molecule has 2 amide bonds. The van der Waals surface area contributed by atoms with E-state index < -0.39 is 17.3 Å². The number of amides is 2. The highest BCUT2D eigenvalue weighted by Gasteiger charge is 2.31. The number of rotatable bonds is 4. The van der Waals surface area contributed by atoms with E-state index in [1.54, 1.807) is 42.6 Å². The van der Waals surface area contributed by atoms with Crippen LogP contribution in [-0.2, 0) is 4.74 Å². The van der Waals surface area contributed by atoms with Crippen molar-refractivity contribution in [1.82, 2.24) is 24.3 Å². The first kappa shape index (κ1) is 24.4. The number of hydrogen-bond donors (Lipinski definition) is 1. The van der Waals surface area contributed by atoms with Gasteiger partial charge in [0.25, 0.3) is 5.91 Å². The quantitative estimate of drug-likeness (QED) is 0.605. The third-order valence-corrected chi connectivity index (χ3v) is 5.89. The zero-order chi connectivity index (χ0) is 25.5. The van der Waals surface area contributed by atoms with E-state index in [1.165, 1.54) is 12.4 Å². The lowest BCUT2D eigenvalue weighted by molar-refractivity contribution is 0.0237. The summed E-state index contributed by atoms with van der Waals surface area (Å²) in [6, 6.07) is -0.0192. The van der Waals surface area contributed by atoms with Crippen molar-refractivity contribution in [3.63, 3.8) is 0 Å². The zero-order valence-electron chi connectivity index (χ0n) is 20.8. The summed E-state index contributed by atoms with van der Waals surface area (Å²) in [6.45, 7) is 10.1. The standard InChI is InChI=1S/C24H30FN7O3/c1-14-11-32-13-18(15(2)20(25)21(32)28-14)29-22(33)17-9-27-19(10-26-17)31-8-7-16(12-31)30(6)23(34)35-24(3,4)5/h9-11,13,16H,7-8,12H2,1-6H3,(H,29,33)/t16-/m1/s1. The molecule has 3 aromatic rings. The molecule has 0 saturated carbocycles. The molecule has 1 saturated heterocycles. The van der Waals surface area contributed by atoms with Crippen LogP contribution in [0.5, 0.6) is 0 Å². The summed E-state index contributed by atoms with van der Waals surface area (Å²) in [5.74, 6) is -0.372. The van der Waals surface area contributed by atoms with Crippen molar-refractivity contribution in [3.8, 4) is 0 Å². The molecule has 4 rings (SSSR count). The van der Waals surface area contributed by atoms with Crippen LogP contribution in [0.1, 0.15) is 48.9 Å². The summed E-state index contributed by atoms with van der Waals surface area (Å²) >= 11 is 0. The number of aryl methyl sites for hydroxylation is 1. The number of anilines is 2. The molecule has 11 heteroatoms. The fourth-order valence-electron chi connectivity index (χ4n) is 3.96. The van der Waals surface area contributed by atoms with E-state index in [-0.39, 0.29) is 23.5 Å². The van der Waals surface area contributed by atoms with Gasteiger partial charge in [-0.2, -0.15) is 0 Å². The number of aromatic nitrogens is 4. The van der Waals surface area contributed by atoms with Crippen LogP contribution in [0.25, 0.3) is 5.65 Å². The van der Waals surface area contributed by atoms with Crippen LogP contribution in [0.15, 0.2) is 24.8 Å². The molecule has 186 valence electrons. The number of carbonyl (C=O) groups excluding carboxylic acids is 2. The molecular weight excluding hydrogens is 453 g/mol. The van der Waals surface area contributed by atoms with Crippen LogP contribution in [0.2, 0.25) is 0 Å². The van der Waals surface area contributed by atoms with Crippen LogP contribution in [0.3, 0.4) is 0 Å². The van der Waals surface area contributed by atoms with Gasteiger partial charge in [0, 0.05) is 38.1 Å². The van der Waals surface area contributed by atoms with E-state index in [2.05, 4.69) is 20.3 Å². The van der Waals surface area contributed by atoms with Crippen LogP contribution in [0, 0.1) is 19.7 Å². The maximum atomic E-state index is 14.7. The van der Waals surface area contributed by atoms with Crippen molar-refractivity contribution in [2.45, 2.75) is 52.7 Å². The van der Waals surface area contributed by atoms with Crippen LogP contribution < -0.4 is 10.2 Å². The van der Waals surface area contributed by atoms with E-state index in [0.29, 0.717) is 35.9 Å². The monoisotopic (exact) mass is 483 g/mol. The first-order chi connectivity index (χ1) is 16.4. The Morgan fingerprint density at radius 1 is 1.20 bits per heavy atom. The Morgan fingerprint density at radius 2 is 1.94 bits per heavy atom. The van der Waals surface area contributed by atoms with Crippen LogP contribution in [-0.4, -0.2) is 68.0 Å². The average molecular weight is 484 g/mol. The lowest BCUT2D eigenvalue weighted by atomic mass is 10.2. The van der Waals surface area contributed by atoms with Gasteiger partial charge >= 0.3 is 6.09 Å². The highest BCUT2D eigenvalue weighted by molar-refractivity contribution is 6.03. The largest absolute Gasteiger partial charge is 0.444 e. The molecule has 1 aliphatic rings. The molecule has 1 N–H and O–H groups in total. The van der Waals surface area contributed by atoms with Gasteiger partial charge in [0.15, 0.2) is 11.5 Å². The summed E-state index contributed by atoms with van der Waals surface area (Å²) in [5, 5.41) is 2.71. The number of likely N-dealkylation sites (N-methyl/N-ethyl adjacent to an activating group) is 1. The van der Waals surface area contributed by atoms with E-state index >= 15 is 0 Å². The summed E-state index contributed by atoms with van der Waals surface area (Å²) in [5.41, 5.74) is 1.06. The Bertz CT molecular complexity index is 1270. The number of nitrogens with zero attached hydrogens (tertiary/aromatic N) is 6. The molecule has 10 nitrogen and oxygen atoms in total. The van der Waals surface area contributed by atoms with Gasteiger partial charge in [-0.1, -0.05) is 0 Å². The summed E-state index contributed by atoms with van der Waals surface area (Å²) in [6.07, 6.45) is 6.63. The van der Waals surface area contributed by atoms with Gasteiger partial charge in [-0.25, -0.2) is 24.1 Å². The Hall–Kier alpha value is -3.76. The highest BCUT2D eigenvalue weighted by Crippen LogP contribution is 2.24. The van der Waals surface area contributed by atoms with Crippen molar-refractivity contribution < 1.29 is 18.7 Å². The first-order valence-electron chi connectivity index (χ1n) is 11.4. The smallest absolute Gasteiger partial charge is 0.410 e. The Morgan fingerprint density at radius 3 is 2.60 bits per heavy atom. The Balaban J connectivity index is 1.41. The molecule has 0 spiro atoms. The number of nitrogens with one attached hydrogen (secondary N) is 1. The molecule has 0 aromatic carbocycles. The number of carbonyl (C=O) groups is 2. The van der Waals surface area contributed by atoms with E-state index in [1.807, 2.05) is 25.7 Å². The second-order valence-electron chi connectivity index (χ2n) is 9.79. The molecule has 1 aliphatic heterocycles. The summed E-state index contributed by atoms with van der Waals surface area (Å²) < 4.78 is 21.7. The van der Waals surface area contributed by atoms with Crippen molar-refractivity contribution >= 4 is 29.2 Å². The molecule has 0 bridgehead atoms. The third kappa shape index (κ3) is 5.18. The van der Waals surface area contributed by atoms with Crippen molar-refractivity contribution in [3.05, 3.63) is 47.6 Å². The van der Waals surface area contributed by atoms with Crippen molar-refractivity contribution in [2.24, 2.45) is 0 Å². The van der Waals surface area contributed by atoms with E-state index in [0.717, 1.165) is 6.42 Å². The normalized spacial score (nSPS) is 16.0. The van der Waals surface area contributed by atoms with Gasteiger partial charge in [0.1, 0.15) is 17.1 Å². The summed E-state index contributed by atoms with van der Waals surface area (Å²) in [7, 11) is 1.73. The second-order valence-corrected chi connectivity index (χ2v) is 9.79. The van der Waals surface area contributed by atoms with Gasteiger partial charge in [0.05, 0.1) is 29.8 Å². The van der Waals surface area contributed by atoms with Gasteiger partial charge in [0.2, 0.25) is 0 Å². The minimum Gasteiger partial charge on any atom is -0.444 e. The van der Waals surface area contributed by atoms with E-state index in [4.69, 9.17) is 4.74 Å². The zero-order valence-corrected chi connectivity index (χ0v) is 20.8. The molecular formula is C24H30FN7O3. The molecule has 3 aromatic heterocycles. The number of imidazole rings is 1. The number of pyridine rings is 1. The molecule has 0 unspecified atom stereocenters. The Kier molecular flexibility index (Phi) is 6.35. The minimum absolute atomic E-state index is 0.0192. The van der Waals surface area contributed by atoms with Crippen LogP contribution in [0.4, 0.5) is 20.7 Å². The highest BCUT2D eigenvalue weighted by atomic mass is 19.1. The van der Waals surface area contributed by atoms with Gasteiger partial charge < -0.3 is 24.3 Å². The second kappa shape index (κ2) is 9.12. The molecule has 1 fully saturated rings. The lowest BCUT2D eigenvalue weighted by Crippen LogP contribution is -2.42. The predicted molar refractivity (Wildman–Crippen MR) is 129 cm³/mol. The minimum atomic E-state index is -0.556. The molecule has 1 atom stereocenters. The SMILES string of the molecule is Cc1cn2cc(NC(=O)c3cnc(N4CC[C@@H](N(C)C(=O)OC(C)(C)C)C4)cn3)c(C)c(F)c2n1. The summed E-state index contributed by atoms with van der Waals surface area (Å²) in [4.78, 5) is 41.5. The number of ether oxygens (including phenoxy) is 1. The molecule has 4 heterocycles. The average Bonchev–Trinajstić information content (AvgIpc) is 3.42. The van der Waals surface area contributed by atoms with Crippen molar-refractivity contribution in [2.75, 3.05) is 30.4 Å². The van der Waals surface area contributed by atoms with Gasteiger partial charge in [-0.15, -0.1) is 0 Å². The third-order valence-electron chi connectivity index (χ3n) is 5.89. The fraction of sp³-hybridized carbons (Fsp3) is 0.458. The number of hydrogen-bond acceptors (Lipinski definition) is 7. The molecule has 0 aliphatic carbocycles. The van der Waals surface area contributed by atoms with Gasteiger partial charge in [-0.3, -0.25) is 4.79 Å². The van der Waals surface area contributed by atoms with Crippen molar-refractivity contribution in [1.29, 1.82) is 0 Å². The number of halogens is 1. The fourth-order valence-corrected chi connectivity index (χ4v) is 3.96. The van der Waals surface area contributed by atoms with Crippen LogP contribution >= 0.6 is 0 Å².